The molecule has 2 bridgehead atoms. The third-order valence-electron chi connectivity index (χ3n) is 6.54. The van der Waals surface area contributed by atoms with Gasteiger partial charge in [-0.05, 0) is 85.5 Å². The number of nitrogens with two attached hydrogens (primary N) is 1. The summed E-state index contributed by atoms with van der Waals surface area (Å²) in [4.78, 5) is 14.5. The molecule has 1 aromatic heterocycles. The van der Waals surface area contributed by atoms with Crippen molar-refractivity contribution in [3.05, 3.63) is 69.4 Å². The number of hydrogen-bond acceptors (Lipinski definition) is 3. The second kappa shape index (κ2) is 8.22. The molecule has 0 saturated carbocycles. The summed E-state index contributed by atoms with van der Waals surface area (Å²) in [5.41, 5.74) is 10.2. The monoisotopic (exact) mass is 394 g/mol. The molecule has 0 aliphatic carbocycles. The smallest absolute Gasteiger partial charge is 0.248 e. The van der Waals surface area contributed by atoms with Crippen molar-refractivity contribution in [3.63, 3.8) is 0 Å². The van der Waals surface area contributed by atoms with Crippen LogP contribution in [-0.4, -0.2) is 29.4 Å². The van der Waals surface area contributed by atoms with Gasteiger partial charge >= 0.3 is 0 Å². The maximum Gasteiger partial charge on any atom is 0.248 e. The van der Waals surface area contributed by atoms with E-state index >= 15 is 0 Å². The Labute approximate surface area is 172 Å². The zero-order valence-corrected chi connectivity index (χ0v) is 17.6. The van der Waals surface area contributed by atoms with E-state index in [2.05, 4.69) is 47.7 Å². The highest BCUT2D eigenvalue weighted by molar-refractivity contribution is 7.08. The number of primary amides is 1. The molecule has 2 aliphatic rings. The van der Waals surface area contributed by atoms with Crippen molar-refractivity contribution in [2.75, 3.05) is 6.54 Å². The minimum Gasteiger partial charge on any atom is -0.366 e. The SMILES string of the molecule is CC(C)=CCN1C2CCC1CC(C(c1ccsc1)c1cccc(C(N)=O)c1)C2. The fraction of sp³-hybridized carbons (Fsp3) is 0.458. The van der Waals surface area contributed by atoms with Crippen LogP contribution in [0, 0.1) is 5.92 Å². The van der Waals surface area contributed by atoms with Crippen molar-refractivity contribution in [3.8, 4) is 0 Å². The molecule has 28 heavy (non-hydrogen) atoms. The molecule has 2 aromatic rings. The fourth-order valence-electron chi connectivity index (χ4n) is 5.25. The summed E-state index contributed by atoms with van der Waals surface area (Å²) in [6.07, 6.45) is 7.46. The van der Waals surface area contributed by atoms with Crippen molar-refractivity contribution in [2.24, 2.45) is 11.7 Å². The van der Waals surface area contributed by atoms with Gasteiger partial charge in [0, 0.05) is 30.1 Å². The Hall–Kier alpha value is -1.91. The molecule has 1 amide bonds. The topological polar surface area (TPSA) is 46.3 Å². The first kappa shape index (κ1) is 19.4. The number of thiophene rings is 1. The van der Waals surface area contributed by atoms with Crippen LogP contribution in [0.3, 0.4) is 0 Å². The number of hydrogen-bond donors (Lipinski definition) is 1. The molecule has 0 spiro atoms. The zero-order valence-electron chi connectivity index (χ0n) is 16.8. The lowest BCUT2D eigenvalue weighted by molar-refractivity contribution is 0.0999. The average molecular weight is 395 g/mol. The lowest BCUT2D eigenvalue weighted by Gasteiger charge is -2.41. The summed E-state index contributed by atoms with van der Waals surface area (Å²) in [6.45, 7) is 5.46. The molecule has 3 atom stereocenters. The van der Waals surface area contributed by atoms with Gasteiger partial charge in [-0.1, -0.05) is 23.8 Å². The lowest BCUT2D eigenvalue weighted by atomic mass is 9.74. The Bertz CT molecular complexity index is 839. The van der Waals surface area contributed by atoms with E-state index in [0.717, 1.165) is 6.54 Å². The van der Waals surface area contributed by atoms with Crippen molar-refractivity contribution in [2.45, 2.75) is 57.5 Å². The highest BCUT2D eigenvalue weighted by atomic mass is 32.1. The number of nitrogens with zero attached hydrogens (tertiary/aromatic N) is 1. The lowest BCUT2D eigenvalue weighted by Crippen LogP contribution is -2.44. The molecule has 148 valence electrons. The van der Waals surface area contributed by atoms with E-state index in [1.54, 1.807) is 11.3 Å². The summed E-state index contributed by atoms with van der Waals surface area (Å²) in [6, 6.07) is 11.6. The Morgan fingerprint density at radius 2 is 1.96 bits per heavy atom. The number of rotatable bonds is 6. The summed E-state index contributed by atoms with van der Waals surface area (Å²) in [5.74, 6) is 0.611. The molecular weight excluding hydrogens is 364 g/mol. The molecule has 2 fully saturated rings. The second-order valence-corrected chi connectivity index (χ2v) is 9.40. The minimum absolute atomic E-state index is 0.345. The largest absolute Gasteiger partial charge is 0.366 e. The van der Waals surface area contributed by atoms with Gasteiger partial charge in [0.1, 0.15) is 0 Å². The normalized spacial score (nSPS) is 25.4. The number of carbonyl (C=O) groups is 1. The number of carbonyl (C=O) groups excluding carboxylic acids is 1. The number of benzene rings is 1. The first-order valence-corrected chi connectivity index (χ1v) is 11.3. The average Bonchev–Trinajstić information content (AvgIpc) is 3.27. The van der Waals surface area contributed by atoms with E-state index in [0.29, 0.717) is 29.5 Å². The van der Waals surface area contributed by atoms with Gasteiger partial charge in [0.25, 0.3) is 0 Å². The quantitative estimate of drug-likeness (QED) is 0.686. The third kappa shape index (κ3) is 3.94. The Morgan fingerprint density at radius 1 is 1.21 bits per heavy atom. The summed E-state index contributed by atoms with van der Waals surface area (Å²) < 4.78 is 0. The van der Waals surface area contributed by atoms with E-state index in [-0.39, 0.29) is 5.91 Å². The minimum atomic E-state index is -0.345. The molecule has 1 aromatic carbocycles. The van der Waals surface area contributed by atoms with Crippen LogP contribution in [0.2, 0.25) is 0 Å². The standard InChI is InChI=1S/C24H30N2OS/c1-16(2)8-10-26-21-6-7-22(26)14-20(13-21)23(19-9-11-28-15-19)17-4-3-5-18(12-17)24(25)27/h3-5,8-9,11-12,15,20-23H,6-7,10,13-14H2,1-2H3,(H2,25,27). The molecule has 4 heteroatoms. The van der Waals surface area contributed by atoms with Gasteiger partial charge < -0.3 is 5.73 Å². The van der Waals surface area contributed by atoms with Crippen molar-refractivity contribution in [1.29, 1.82) is 0 Å². The van der Waals surface area contributed by atoms with Crippen LogP contribution in [-0.2, 0) is 0 Å². The Balaban J connectivity index is 1.62. The molecular formula is C24H30N2OS. The zero-order chi connectivity index (χ0) is 19.7. The predicted molar refractivity (Wildman–Crippen MR) is 117 cm³/mol. The maximum atomic E-state index is 11.7. The molecule has 2 N–H and O–H groups in total. The van der Waals surface area contributed by atoms with E-state index in [1.807, 2.05) is 18.2 Å². The number of piperidine rings is 1. The van der Waals surface area contributed by atoms with Gasteiger partial charge in [0.05, 0.1) is 0 Å². The van der Waals surface area contributed by atoms with E-state index in [1.165, 1.54) is 42.4 Å². The summed E-state index contributed by atoms with van der Waals surface area (Å²) in [7, 11) is 0. The maximum absolute atomic E-state index is 11.7. The first-order valence-electron chi connectivity index (χ1n) is 10.3. The number of amides is 1. The van der Waals surface area contributed by atoms with Gasteiger partial charge in [0.15, 0.2) is 0 Å². The van der Waals surface area contributed by atoms with Gasteiger partial charge in [-0.2, -0.15) is 11.3 Å². The van der Waals surface area contributed by atoms with Gasteiger partial charge in [-0.25, -0.2) is 0 Å². The van der Waals surface area contributed by atoms with Crippen molar-refractivity contribution in [1.82, 2.24) is 4.90 Å². The van der Waals surface area contributed by atoms with Crippen LogP contribution in [0.4, 0.5) is 0 Å². The van der Waals surface area contributed by atoms with E-state index in [9.17, 15) is 4.79 Å². The highest BCUT2D eigenvalue weighted by Gasteiger charge is 2.43. The van der Waals surface area contributed by atoms with Crippen LogP contribution in [0.15, 0.2) is 52.7 Å². The van der Waals surface area contributed by atoms with Gasteiger partial charge in [0.2, 0.25) is 5.91 Å². The number of fused-ring (bicyclic) bond motifs is 2. The van der Waals surface area contributed by atoms with Crippen LogP contribution >= 0.6 is 11.3 Å². The third-order valence-corrected chi connectivity index (χ3v) is 7.24. The molecule has 3 heterocycles. The molecule has 4 rings (SSSR count). The van der Waals surface area contributed by atoms with Crippen LogP contribution < -0.4 is 5.73 Å². The first-order chi connectivity index (χ1) is 13.5. The second-order valence-electron chi connectivity index (χ2n) is 8.62. The van der Waals surface area contributed by atoms with Gasteiger partial charge in [-0.15, -0.1) is 0 Å². The molecule has 0 radical (unpaired) electrons. The summed E-state index contributed by atoms with van der Waals surface area (Å²) in [5, 5.41) is 4.44. The van der Waals surface area contributed by atoms with Crippen LogP contribution in [0.25, 0.3) is 0 Å². The predicted octanol–water partition coefficient (Wildman–Crippen LogP) is 5.19. The van der Waals surface area contributed by atoms with E-state index in [4.69, 9.17) is 5.73 Å². The molecule has 2 saturated heterocycles. The Morgan fingerprint density at radius 3 is 2.57 bits per heavy atom. The summed E-state index contributed by atoms with van der Waals surface area (Å²) >= 11 is 1.76. The van der Waals surface area contributed by atoms with Crippen LogP contribution in [0.1, 0.15) is 66.9 Å². The van der Waals surface area contributed by atoms with Crippen molar-refractivity contribution < 1.29 is 4.79 Å². The fourth-order valence-corrected chi connectivity index (χ4v) is 5.95. The molecule has 2 aliphatic heterocycles. The number of allylic oxidation sites excluding steroid dienone is 1. The molecule has 3 nitrogen and oxygen atoms in total. The van der Waals surface area contributed by atoms with Crippen LogP contribution in [0.5, 0.6) is 0 Å². The van der Waals surface area contributed by atoms with Crippen molar-refractivity contribution >= 4 is 17.2 Å². The van der Waals surface area contributed by atoms with E-state index < -0.39 is 0 Å². The van der Waals surface area contributed by atoms with Gasteiger partial charge in [-0.3, -0.25) is 9.69 Å². The molecule has 3 unspecified atom stereocenters. The highest BCUT2D eigenvalue weighted by Crippen LogP contribution is 2.46. The Kier molecular flexibility index (Phi) is 5.70.